The minimum absolute atomic E-state index is 0.0444. The molecule has 2 fully saturated rings. The summed E-state index contributed by atoms with van der Waals surface area (Å²) in [4.78, 5) is 37.2. The largest absolute Gasteiger partial charge is 0.458 e. The number of fused-ring (bicyclic) bond motifs is 3. The molecule has 0 unspecified atom stereocenters. The first-order chi connectivity index (χ1) is 19.2. The smallest absolute Gasteiger partial charge is 0.331 e. The van der Waals surface area contributed by atoms with E-state index in [-0.39, 0.29) is 12.3 Å². The number of benzene rings is 1. The van der Waals surface area contributed by atoms with E-state index in [0.29, 0.717) is 24.0 Å². The molecule has 0 aliphatic heterocycles. The molecule has 0 amide bonds. The van der Waals surface area contributed by atoms with Crippen molar-refractivity contribution in [3.05, 3.63) is 65.3 Å². The molecule has 2 saturated carbocycles. The van der Waals surface area contributed by atoms with Gasteiger partial charge in [-0.2, -0.15) is 0 Å². The lowest BCUT2D eigenvalue weighted by Crippen LogP contribution is -2.63. The van der Waals surface area contributed by atoms with E-state index in [1.165, 1.54) is 19.9 Å². The second kappa shape index (κ2) is 11.6. The van der Waals surface area contributed by atoms with Crippen LogP contribution in [0, 0.1) is 22.7 Å². The molecule has 0 saturated heterocycles. The van der Waals surface area contributed by atoms with E-state index >= 15 is 0 Å². The normalized spacial score (nSPS) is 34.7. The predicted molar refractivity (Wildman–Crippen MR) is 153 cm³/mol. The van der Waals surface area contributed by atoms with Gasteiger partial charge in [0.05, 0.1) is 6.10 Å². The number of carbonyl (C=O) groups excluding carboxylic acids is 3. The van der Waals surface area contributed by atoms with Crippen LogP contribution in [0.2, 0.25) is 0 Å². The van der Waals surface area contributed by atoms with Crippen molar-refractivity contribution < 1.29 is 38.8 Å². The third kappa shape index (κ3) is 5.77. The molecule has 0 radical (unpaired) electrons. The molecular weight excluding hydrogens is 524 g/mol. The van der Waals surface area contributed by atoms with Crippen LogP contribution < -0.4 is 0 Å². The first-order valence-corrected chi connectivity index (χ1v) is 14.2. The molecule has 3 aliphatic rings. The molecule has 0 aromatic heterocycles. The summed E-state index contributed by atoms with van der Waals surface area (Å²) in [5.74, 6) is -2.13. The highest BCUT2D eigenvalue weighted by Gasteiger charge is 2.61. The molecule has 2 bridgehead atoms. The van der Waals surface area contributed by atoms with Gasteiger partial charge in [0.1, 0.15) is 18.3 Å². The Balaban J connectivity index is 1.73. The number of aliphatic hydroxyl groups excluding tert-OH is 2. The van der Waals surface area contributed by atoms with Crippen molar-refractivity contribution in [1.82, 2.24) is 0 Å². The van der Waals surface area contributed by atoms with Crippen LogP contribution in [-0.4, -0.2) is 58.6 Å². The minimum atomic E-state index is -1.31. The van der Waals surface area contributed by atoms with Crippen molar-refractivity contribution in [3.63, 3.8) is 0 Å². The molecule has 41 heavy (non-hydrogen) atoms. The van der Waals surface area contributed by atoms with Crippen LogP contribution in [0.5, 0.6) is 0 Å². The highest BCUT2D eigenvalue weighted by molar-refractivity contribution is 5.87. The average molecular weight is 567 g/mol. The lowest BCUT2D eigenvalue weighted by atomic mass is 9.49. The molecular formula is C33H42O8. The lowest BCUT2D eigenvalue weighted by molar-refractivity contribution is -0.189. The Hall–Kier alpha value is -3.23. The lowest BCUT2D eigenvalue weighted by Gasteiger charge is -2.58. The molecule has 2 N–H and O–H groups in total. The maximum Gasteiger partial charge on any atom is 0.331 e. The third-order valence-corrected chi connectivity index (χ3v) is 9.69. The minimum Gasteiger partial charge on any atom is -0.458 e. The second-order valence-corrected chi connectivity index (χ2v) is 12.5. The zero-order valence-corrected chi connectivity index (χ0v) is 24.8. The van der Waals surface area contributed by atoms with Crippen molar-refractivity contribution in [2.75, 3.05) is 0 Å². The second-order valence-electron chi connectivity index (χ2n) is 12.5. The Labute approximate surface area is 242 Å². The van der Waals surface area contributed by atoms with Crippen molar-refractivity contribution >= 4 is 24.0 Å². The van der Waals surface area contributed by atoms with Crippen LogP contribution in [0.4, 0.5) is 0 Å². The van der Waals surface area contributed by atoms with Gasteiger partial charge in [-0.15, -0.1) is 0 Å². The maximum atomic E-state index is 12.8. The SMILES string of the molecule is C=C1[C@@H](OC(=O)C=Cc2ccccc2)C[C@H](O)[C@@]2(C)[C@@H]1C[C@H]1C[C@H](OC(C)=O)C(C)=C([C@@H](OC(C)=O)[C@@H]2O)C1(C)C. The Morgan fingerprint density at radius 3 is 2.17 bits per heavy atom. The van der Waals surface area contributed by atoms with Crippen LogP contribution in [0.1, 0.15) is 66.4 Å². The van der Waals surface area contributed by atoms with Gasteiger partial charge in [-0.25, -0.2) is 4.79 Å². The summed E-state index contributed by atoms with van der Waals surface area (Å²) in [6, 6.07) is 9.36. The molecule has 8 atom stereocenters. The zero-order chi connectivity index (χ0) is 30.3. The number of rotatable bonds is 5. The summed E-state index contributed by atoms with van der Waals surface area (Å²) in [5.41, 5.74) is 1.19. The number of ether oxygens (including phenoxy) is 3. The molecule has 8 heteroatoms. The number of hydrogen-bond donors (Lipinski definition) is 2. The highest BCUT2D eigenvalue weighted by atomic mass is 16.6. The predicted octanol–water partition coefficient (Wildman–Crippen LogP) is 4.55. The summed E-state index contributed by atoms with van der Waals surface area (Å²) in [5, 5.41) is 23.6. The molecule has 8 nitrogen and oxygen atoms in total. The number of esters is 3. The number of carbonyl (C=O) groups is 3. The quantitative estimate of drug-likeness (QED) is 0.231. The Morgan fingerprint density at radius 1 is 0.927 bits per heavy atom. The summed E-state index contributed by atoms with van der Waals surface area (Å²) < 4.78 is 17.3. The van der Waals surface area contributed by atoms with Crippen LogP contribution in [0.3, 0.4) is 0 Å². The van der Waals surface area contributed by atoms with Gasteiger partial charge in [0, 0.05) is 31.8 Å². The van der Waals surface area contributed by atoms with E-state index in [2.05, 4.69) is 6.58 Å². The van der Waals surface area contributed by atoms with E-state index in [0.717, 1.165) is 11.1 Å². The van der Waals surface area contributed by atoms with Gasteiger partial charge < -0.3 is 24.4 Å². The Kier molecular flexibility index (Phi) is 8.67. The van der Waals surface area contributed by atoms with Crippen LogP contribution in [0.25, 0.3) is 6.08 Å². The van der Waals surface area contributed by atoms with Crippen LogP contribution >= 0.6 is 0 Å². The Morgan fingerprint density at radius 2 is 1.56 bits per heavy atom. The summed E-state index contributed by atoms with van der Waals surface area (Å²) in [7, 11) is 0. The first kappa shape index (κ1) is 30.7. The van der Waals surface area contributed by atoms with Gasteiger partial charge in [0.25, 0.3) is 0 Å². The maximum absolute atomic E-state index is 12.8. The first-order valence-electron chi connectivity index (χ1n) is 14.2. The number of aliphatic hydroxyl groups is 2. The van der Waals surface area contributed by atoms with Crippen LogP contribution in [-0.2, 0) is 28.6 Å². The monoisotopic (exact) mass is 566 g/mol. The van der Waals surface area contributed by atoms with Crippen molar-refractivity contribution in [2.24, 2.45) is 22.7 Å². The summed E-state index contributed by atoms with van der Waals surface area (Å²) in [6.45, 7) is 14.7. The Bertz CT molecular complexity index is 1260. The fraction of sp³-hybridized carbons (Fsp3) is 0.545. The fourth-order valence-corrected chi connectivity index (χ4v) is 7.33. The molecule has 1 aromatic rings. The standard InChI is InChI=1S/C33H42O8/c1-18-24-15-23-16-25(39-20(3)34)19(2)29(32(23,5)6)30(40-21(4)35)31(38)33(24,7)27(36)17-26(18)41-28(37)14-13-22-11-9-8-10-12-22/h8-14,23-27,30-31,36,38H,1,15-17H2,2-7H3/t23-,24+,25-,26-,27-,30+,31-,33+/m0/s1. The van der Waals surface area contributed by atoms with Crippen molar-refractivity contribution in [1.29, 1.82) is 0 Å². The van der Waals surface area contributed by atoms with Crippen LogP contribution in [0.15, 0.2) is 59.7 Å². The number of hydrogen-bond acceptors (Lipinski definition) is 8. The van der Waals surface area contributed by atoms with Gasteiger partial charge in [0.2, 0.25) is 0 Å². The van der Waals surface area contributed by atoms with Crippen molar-refractivity contribution in [2.45, 2.75) is 91.3 Å². The summed E-state index contributed by atoms with van der Waals surface area (Å²) in [6.07, 6.45) is -0.733. The molecule has 0 spiro atoms. The van der Waals surface area contributed by atoms with Gasteiger partial charge in [-0.05, 0) is 65.4 Å². The van der Waals surface area contributed by atoms with Gasteiger partial charge in [-0.1, -0.05) is 57.7 Å². The van der Waals surface area contributed by atoms with Gasteiger partial charge in [0.15, 0.2) is 6.10 Å². The van der Waals surface area contributed by atoms with E-state index in [1.807, 2.05) is 51.1 Å². The molecule has 3 aliphatic carbocycles. The topological polar surface area (TPSA) is 119 Å². The van der Waals surface area contributed by atoms with E-state index in [4.69, 9.17) is 14.2 Å². The van der Waals surface area contributed by atoms with Gasteiger partial charge in [-0.3, -0.25) is 9.59 Å². The third-order valence-electron chi connectivity index (χ3n) is 9.69. The van der Waals surface area contributed by atoms with Gasteiger partial charge >= 0.3 is 17.9 Å². The molecule has 4 rings (SSSR count). The van der Waals surface area contributed by atoms with Crippen molar-refractivity contribution in [3.8, 4) is 0 Å². The highest BCUT2D eigenvalue weighted by Crippen LogP contribution is 2.59. The van der Waals surface area contributed by atoms with E-state index < -0.39 is 65.2 Å². The summed E-state index contributed by atoms with van der Waals surface area (Å²) >= 11 is 0. The average Bonchev–Trinajstić information content (AvgIpc) is 2.89. The zero-order valence-electron chi connectivity index (χ0n) is 24.8. The molecule has 0 heterocycles. The fourth-order valence-electron chi connectivity index (χ4n) is 7.33. The molecule has 222 valence electrons. The van der Waals surface area contributed by atoms with E-state index in [1.54, 1.807) is 13.0 Å². The molecule has 1 aromatic carbocycles. The van der Waals surface area contributed by atoms with E-state index in [9.17, 15) is 24.6 Å².